The van der Waals surface area contributed by atoms with Gasteiger partial charge >= 0.3 is 5.97 Å². The van der Waals surface area contributed by atoms with Crippen LogP contribution < -0.4 is 14.2 Å². The highest BCUT2D eigenvalue weighted by Crippen LogP contribution is 2.38. The van der Waals surface area contributed by atoms with Crippen molar-refractivity contribution in [2.75, 3.05) is 54.1 Å². The van der Waals surface area contributed by atoms with Crippen molar-refractivity contribution in [3.05, 3.63) is 47.5 Å². The number of hydrogen-bond acceptors (Lipinski definition) is 7. The molecule has 2 rings (SSSR count). The van der Waals surface area contributed by atoms with E-state index in [1.54, 1.807) is 24.3 Å². The van der Waals surface area contributed by atoms with Crippen LogP contribution in [-0.4, -0.2) is 77.5 Å². The van der Waals surface area contributed by atoms with Gasteiger partial charge in [-0.2, -0.15) is 8.42 Å². The molecule has 10 heteroatoms. The highest BCUT2D eigenvalue weighted by Gasteiger charge is 2.22. The lowest BCUT2D eigenvalue weighted by Crippen LogP contribution is -2.49. The number of methoxy groups -OCH3 is 3. The Kier molecular flexibility index (Phi) is 12.0. The van der Waals surface area contributed by atoms with Crippen molar-refractivity contribution in [1.82, 2.24) is 0 Å². The summed E-state index contributed by atoms with van der Waals surface area (Å²) in [6.07, 6.45) is 0. The first-order valence-corrected chi connectivity index (χ1v) is 12.8. The van der Waals surface area contributed by atoms with E-state index in [1.807, 2.05) is 6.92 Å². The maximum Gasteiger partial charge on any atom is 0.338 e. The van der Waals surface area contributed by atoms with Crippen molar-refractivity contribution in [2.24, 2.45) is 0 Å². The fourth-order valence-corrected chi connectivity index (χ4v) is 3.95. The number of nitrogens with zero attached hydrogens (tertiary/aromatic N) is 1. The molecule has 0 heterocycles. The highest BCUT2D eigenvalue weighted by molar-refractivity contribution is 7.85. The van der Waals surface area contributed by atoms with Crippen LogP contribution >= 0.6 is 0 Å². The normalized spacial score (nSPS) is 11.2. The van der Waals surface area contributed by atoms with Crippen molar-refractivity contribution in [2.45, 2.75) is 32.6 Å². The summed E-state index contributed by atoms with van der Waals surface area (Å²) in [6.45, 7) is 12.6. The van der Waals surface area contributed by atoms with Gasteiger partial charge in [-0.1, -0.05) is 17.7 Å². The second-order valence-corrected chi connectivity index (χ2v) is 9.27. The first-order chi connectivity index (χ1) is 16.5. The zero-order valence-electron chi connectivity index (χ0n) is 21.7. The predicted octanol–water partition coefficient (Wildman–Crippen LogP) is 3.99. The molecule has 0 atom stereocenters. The molecule has 196 valence electrons. The van der Waals surface area contributed by atoms with Gasteiger partial charge < -0.3 is 23.4 Å². The van der Waals surface area contributed by atoms with E-state index in [1.165, 1.54) is 33.5 Å². The van der Waals surface area contributed by atoms with E-state index < -0.39 is 16.1 Å². The van der Waals surface area contributed by atoms with E-state index in [0.717, 1.165) is 36.2 Å². The first kappa shape index (κ1) is 30.2. The molecular weight excluding hydrogens is 474 g/mol. The predicted molar refractivity (Wildman–Crippen MR) is 134 cm³/mol. The molecule has 0 saturated carbocycles. The molecule has 0 aliphatic carbocycles. The highest BCUT2D eigenvalue weighted by atomic mass is 32.2. The van der Waals surface area contributed by atoms with E-state index in [4.69, 9.17) is 23.5 Å². The lowest BCUT2D eigenvalue weighted by molar-refractivity contribution is -0.923. The van der Waals surface area contributed by atoms with E-state index in [2.05, 4.69) is 20.8 Å². The molecule has 0 aromatic heterocycles. The fraction of sp³-hybridized carbons (Fsp3) is 0.480. The Morgan fingerprint density at radius 1 is 0.886 bits per heavy atom. The Labute approximate surface area is 208 Å². The molecule has 0 bridgehead atoms. The topological polar surface area (TPSA) is 108 Å². The largest absolute Gasteiger partial charge is 0.493 e. The van der Waals surface area contributed by atoms with Crippen molar-refractivity contribution < 1.29 is 41.2 Å². The molecule has 0 saturated heterocycles. The zero-order valence-corrected chi connectivity index (χ0v) is 22.5. The van der Waals surface area contributed by atoms with E-state index in [0.29, 0.717) is 29.4 Å². The minimum Gasteiger partial charge on any atom is -0.493 e. The molecule has 2 aromatic carbocycles. The smallest absolute Gasteiger partial charge is 0.338 e. The second kappa shape index (κ2) is 13.9. The lowest BCUT2D eigenvalue weighted by atomic mass is 10.2. The van der Waals surface area contributed by atoms with Gasteiger partial charge in [0.2, 0.25) is 5.75 Å². The number of quaternary nitrogens is 1. The number of ether oxygens (including phenoxy) is 4. The summed E-state index contributed by atoms with van der Waals surface area (Å²) in [5.74, 6) is 0.931. The van der Waals surface area contributed by atoms with Crippen LogP contribution in [0.2, 0.25) is 0 Å². The van der Waals surface area contributed by atoms with Crippen molar-refractivity contribution in [1.29, 1.82) is 0 Å². The number of esters is 1. The van der Waals surface area contributed by atoms with Gasteiger partial charge in [-0.05, 0) is 52.0 Å². The Bertz CT molecular complexity index is 1010. The number of likely N-dealkylation sites (N-methyl/N-ethyl adjacent to an activating group) is 1. The quantitative estimate of drug-likeness (QED) is 0.274. The lowest BCUT2D eigenvalue weighted by Gasteiger charge is -2.35. The number of hydrogen-bond donors (Lipinski definition) is 1. The molecule has 0 aliphatic heterocycles. The number of benzene rings is 2. The van der Waals surface area contributed by atoms with Crippen molar-refractivity contribution >= 4 is 16.1 Å². The SMILES string of the molecule is CC[N+](CC)(CC)CCOC(=O)c1cc(OC)c(OC)c(OC)c1.Cc1ccc(S(=O)(=O)O)cc1. The third-order valence-corrected chi connectivity index (χ3v) is 6.90. The van der Waals surface area contributed by atoms with E-state index >= 15 is 0 Å². The Hall–Kier alpha value is -2.82. The average molecular weight is 513 g/mol. The summed E-state index contributed by atoms with van der Waals surface area (Å²) in [5, 5.41) is 0. The summed E-state index contributed by atoms with van der Waals surface area (Å²) < 4.78 is 51.7. The molecular formula is C25H38NO8S+. The number of aryl methyl sites for hydroxylation is 1. The molecule has 0 radical (unpaired) electrons. The maximum absolute atomic E-state index is 12.4. The number of carbonyl (C=O) groups is 1. The average Bonchev–Trinajstić information content (AvgIpc) is 2.86. The van der Waals surface area contributed by atoms with Gasteiger partial charge in [0.1, 0.15) is 13.2 Å². The Morgan fingerprint density at radius 3 is 1.74 bits per heavy atom. The van der Waals surface area contributed by atoms with Crippen LogP contribution in [0, 0.1) is 6.92 Å². The van der Waals surface area contributed by atoms with Crippen LogP contribution in [0.15, 0.2) is 41.3 Å². The van der Waals surface area contributed by atoms with Crippen LogP contribution in [0.1, 0.15) is 36.7 Å². The van der Waals surface area contributed by atoms with Gasteiger partial charge in [-0.3, -0.25) is 4.55 Å². The number of carbonyl (C=O) groups excluding carboxylic acids is 1. The summed E-state index contributed by atoms with van der Waals surface area (Å²) in [5.41, 5.74) is 1.34. The van der Waals surface area contributed by atoms with Crippen LogP contribution in [0.3, 0.4) is 0 Å². The van der Waals surface area contributed by atoms with Crippen LogP contribution in [0.25, 0.3) is 0 Å². The summed E-state index contributed by atoms with van der Waals surface area (Å²) in [4.78, 5) is 12.3. The van der Waals surface area contributed by atoms with Crippen molar-refractivity contribution in [3.8, 4) is 17.2 Å². The van der Waals surface area contributed by atoms with Gasteiger partial charge in [0.05, 0.1) is 51.4 Å². The molecule has 0 spiro atoms. The monoisotopic (exact) mass is 512 g/mol. The molecule has 0 unspecified atom stereocenters. The Morgan fingerprint density at radius 2 is 1.37 bits per heavy atom. The van der Waals surface area contributed by atoms with Crippen LogP contribution in [0.5, 0.6) is 17.2 Å². The molecule has 0 amide bonds. The third kappa shape index (κ3) is 8.72. The molecule has 2 aromatic rings. The number of rotatable bonds is 11. The maximum atomic E-state index is 12.4. The van der Waals surface area contributed by atoms with Crippen molar-refractivity contribution in [3.63, 3.8) is 0 Å². The first-order valence-electron chi connectivity index (χ1n) is 11.4. The second-order valence-electron chi connectivity index (χ2n) is 7.85. The van der Waals surface area contributed by atoms with E-state index in [-0.39, 0.29) is 4.90 Å². The molecule has 0 fully saturated rings. The van der Waals surface area contributed by atoms with Gasteiger partial charge in [0.25, 0.3) is 10.1 Å². The molecule has 1 N–H and O–H groups in total. The fourth-order valence-electron chi connectivity index (χ4n) is 3.47. The Balaban J connectivity index is 0.000000462. The molecule has 9 nitrogen and oxygen atoms in total. The van der Waals surface area contributed by atoms with Gasteiger partial charge in [-0.25, -0.2) is 4.79 Å². The van der Waals surface area contributed by atoms with E-state index in [9.17, 15) is 13.2 Å². The van der Waals surface area contributed by atoms with Gasteiger partial charge in [0.15, 0.2) is 11.5 Å². The molecule has 35 heavy (non-hydrogen) atoms. The standard InChI is InChI=1S/C18H30NO5.C7H8O3S/c1-7-19(8-2,9-3)10-11-24-18(20)14-12-15(21-4)17(23-6)16(13-14)22-5;1-6-2-4-7(5-3-6)11(8,9)10/h12-13H,7-11H2,1-6H3;2-5H,1H3,(H,8,9,10)/q+1;. The third-order valence-electron chi connectivity index (χ3n) is 6.03. The van der Waals surface area contributed by atoms with Gasteiger partial charge in [0, 0.05) is 0 Å². The summed E-state index contributed by atoms with van der Waals surface area (Å²) >= 11 is 0. The summed E-state index contributed by atoms with van der Waals surface area (Å²) in [6, 6.07) is 9.19. The minimum absolute atomic E-state index is 0.0666. The minimum atomic E-state index is -4.02. The summed E-state index contributed by atoms with van der Waals surface area (Å²) in [7, 11) is 0.536. The van der Waals surface area contributed by atoms with Gasteiger partial charge in [-0.15, -0.1) is 0 Å². The zero-order chi connectivity index (χ0) is 26.6. The van der Waals surface area contributed by atoms with Crippen LogP contribution in [0.4, 0.5) is 0 Å². The molecule has 0 aliphatic rings. The van der Waals surface area contributed by atoms with Crippen LogP contribution in [-0.2, 0) is 14.9 Å².